The molecule has 0 aliphatic carbocycles. The van der Waals surface area contributed by atoms with Crippen LogP contribution in [0.1, 0.15) is 51.0 Å². The molecule has 2 aromatic heterocycles. The quantitative estimate of drug-likeness (QED) is 0.285. The molecule has 1 saturated heterocycles. The van der Waals surface area contributed by atoms with E-state index in [2.05, 4.69) is 15.3 Å². The molecule has 0 radical (unpaired) electrons. The lowest BCUT2D eigenvalue weighted by atomic mass is 10.1. The van der Waals surface area contributed by atoms with Gasteiger partial charge in [0, 0.05) is 43.8 Å². The number of likely N-dealkylation sites (tertiary alicyclic amines) is 1. The largest absolute Gasteiger partial charge is 0.490 e. The Bertz CT molecular complexity index is 1520. The molecule has 9 nitrogen and oxygen atoms in total. The predicted octanol–water partition coefficient (Wildman–Crippen LogP) is 5.55. The summed E-state index contributed by atoms with van der Waals surface area (Å²) in [6.07, 6.45) is 4.16. The van der Waals surface area contributed by atoms with Crippen molar-refractivity contribution >= 4 is 23.3 Å². The summed E-state index contributed by atoms with van der Waals surface area (Å²) in [7, 11) is 0. The summed E-state index contributed by atoms with van der Waals surface area (Å²) in [5, 5.41) is 2.71. The first-order chi connectivity index (χ1) is 19.8. The molecule has 0 atom stereocenters. The fraction of sp³-hybridized carbons (Fsp3) is 0.194. The van der Waals surface area contributed by atoms with Gasteiger partial charge in [0.2, 0.25) is 5.88 Å². The number of aromatic nitrogens is 2. The molecule has 5 rings (SSSR count). The summed E-state index contributed by atoms with van der Waals surface area (Å²) in [6.45, 7) is 2.59. The number of pyridine rings is 2. The molecule has 2 amide bonds. The molecule has 4 aromatic rings. The van der Waals surface area contributed by atoms with E-state index in [0.29, 0.717) is 54.2 Å². The van der Waals surface area contributed by atoms with Gasteiger partial charge in [0.15, 0.2) is 5.78 Å². The van der Waals surface area contributed by atoms with Gasteiger partial charge in [-0.05, 0) is 73.7 Å². The number of ketones is 1. The first-order valence-corrected chi connectivity index (χ1v) is 13.1. The first-order valence-electron chi connectivity index (χ1n) is 13.1. The summed E-state index contributed by atoms with van der Waals surface area (Å²) >= 11 is 0. The summed E-state index contributed by atoms with van der Waals surface area (Å²) < 4.78 is 24.6. The van der Waals surface area contributed by atoms with Gasteiger partial charge in [-0.25, -0.2) is 9.37 Å². The highest BCUT2D eigenvalue weighted by Crippen LogP contribution is 2.22. The van der Waals surface area contributed by atoms with E-state index in [9.17, 15) is 18.8 Å². The minimum Gasteiger partial charge on any atom is -0.490 e. The molecular weight excluding hydrogens is 527 g/mol. The third-order valence-corrected chi connectivity index (χ3v) is 6.57. The van der Waals surface area contributed by atoms with Crippen molar-refractivity contribution in [1.82, 2.24) is 14.9 Å². The third kappa shape index (κ3) is 7.10. The summed E-state index contributed by atoms with van der Waals surface area (Å²) in [6, 6.07) is 18.9. The van der Waals surface area contributed by atoms with Crippen LogP contribution >= 0.6 is 0 Å². The van der Waals surface area contributed by atoms with Gasteiger partial charge in [-0.15, -0.1) is 0 Å². The number of anilines is 1. The fourth-order valence-corrected chi connectivity index (χ4v) is 4.31. The summed E-state index contributed by atoms with van der Waals surface area (Å²) in [5.41, 5.74) is 1.61. The van der Waals surface area contributed by atoms with Crippen LogP contribution in [0.4, 0.5) is 10.1 Å². The van der Waals surface area contributed by atoms with Crippen molar-refractivity contribution in [3.63, 3.8) is 0 Å². The van der Waals surface area contributed by atoms with Crippen molar-refractivity contribution in [3.8, 4) is 17.4 Å². The molecule has 1 aliphatic heterocycles. The highest BCUT2D eigenvalue weighted by Gasteiger charge is 2.25. The number of halogens is 1. The molecule has 1 aliphatic rings. The zero-order valence-electron chi connectivity index (χ0n) is 22.2. The maximum Gasteiger partial charge on any atom is 0.274 e. The van der Waals surface area contributed by atoms with E-state index >= 15 is 0 Å². The lowest BCUT2D eigenvalue weighted by Crippen LogP contribution is -2.41. The highest BCUT2D eigenvalue weighted by atomic mass is 19.1. The van der Waals surface area contributed by atoms with Crippen molar-refractivity contribution in [2.45, 2.75) is 25.9 Å². The Morgan fingerprint density at radius 2 is 1.51 bits per heavy atom. The summed E-state index contributed by atoms with van der Waals surface area (Å²) in [4.78, 5) is 47.2. The number of hydrogen-bond acceptors (Lipinski definition) is 7. The number of ether oxygens (including phenoxy) is 2. The molecule has 1 N–H and O–H groups in total. The van der Waals surface area contributed by atoms with Crippen LogP contribution in [0.15, 0.2) is 85.2 Å². The Morgan fingerprint density at radius 3 is 2.12 bits per heavy atom. The van der Waals surface area contributed by atoms with Gasteiger partial charge in [-0.3, -0.25) is 19.4 Å². The Kier molecular flexibility index (Phi) is 8.28. The number of Topliss-reactive ketones (excluding diaryl/α,β-unsaturated/α-hetero) is 1. The number of carbonyl (C=O) groups excluding carboxylic acids is 3. The van der Waals surface area contributed by atoms with E-state index in [-0.39, 0.29) is 35.2 Å². The number of amides is 2. The van der Waals surface area contributed by atoms with Gasteiger partial charge >= 0.3 is 0 Å². The van der Waals surface area contributed by atoms with Crippen LogP contribution in [0, 0.1) is 5.82 Å². The molecular formula is C31H27FN4O5. The van der Waals surface area contributed by atoms with Crippen LogP contribution in [-0.4, -0.2) is 51.7 Å². The topological polar surface area (TPSA) is 111 Å². The number of nitrogens with one attached hydrogen (secondary N) is 1. The van der Waals surface area contributed by atoms with Crippen LogP contribution in [0.2, 0.25) is 0 Å². The van der Waals surface area contributed by atoms with Crippen molar-refractivity contribution in [3.05, 3.63) is 108 Å². The number of carbonyl (C=O) groups is 3. The van der Waals surface area contributed by atoms with Crippen LogP contribution in [0.25, 0.3) is 0 Å². The second kappa shape index (κ2) is 12.4. The SMILES string of the molecule is CC(=O)c1ccc(OC2CCN(C(=O)c3ccc(C(=O)Nc4ccc(Oc5ccc(F)cc5)nc4)nc3)CC2)cc1. The maximum absolute atomic E-state index is 13.0. The van der Waals surface area contributed by atoms with E-state index in [1.807, 2.05) is 0 Å². The molecule has 0 spiro atoms. The molecule has 3 heterocycles. The van der Waals surface area contributed by atoms with Gasteiger partial charge in [-0.1, -0.05) is 0 Å². The number of benzene rings is 2. The lowest BCUT2D eigenvalue weighted by Gasteiger charge is -2.32. The highest BCUT2D eigenvalue weighted by molar-refractivity contribution is 6.03. The van der Waals surface area contributed by atoms with Gasteiger partial charge in [-0.2, -0.15) is 0 Å². The zero-order valence-corrected chi connectivity index (χ0v) is 22.2. The van der Waals surface area contributed by atoms with Crippen molar-refractivity contribution in [1.29, 1.82) is 0 Å². The van der Waals surface area contributed by atoms with Crippen LogP contribution in [-0.2, 0) is 0 Å². The Balaban J connectivity index is 1.10. The number of rotatable bonds is 8. The summed E-state index contributed by atoms with van der Waals surface area (Å²) in [5.74, 6) is 0.449. The second-order valence-corrected chi connectivity index (χ2v) is 9.52. The Labute approximate surface area is 236 Å². The van der Waals surface area contributed by atoms with Gasteiger partial charge in [0.05, 0.1) is 17.4 Å². The average molecular weight is 555 g/mol. The van der Waals surface area contributed by atoms with E-state index < -0.39 is 5.91 Å². The van der Waals surface area contributed by atoms with Gasteiger partial charge in [0.1, 0.15) is 29.1 Å². The molecule has 2 aromatic carbocycles. The number of hydrogen-bond donors (Lipinski definition) is 1. The van der Waals surface area contributed by atoms with Gasteiger partial charge in [0.25, 0.3) is 11.8 Å². The van der Waals surface area contributed by atoms with E-state index in [1.165, 1.54) is 49.6 Å². The smallest absolute Gasteiger partial charge is 0.274 e. The molecule has 0 saturated carbocycles. The van der Waals surface area contributed by atoms with Crippen LogP contribution in [0.5, 0.6) is 17.4 Å². The third-order valence-electron chi connectivity index (χ3n) is 6.57. The van der Waals surface area contributed by atoms with Crippen molar-refractivity contribution in [2.75, 3.05) is 18.4 Å². The van der Waals surface area contributed by atoms with E-state index in [0.717, 1.165) is 0 Å². The lowest BCUT2D eigenvalue weighted by molar-refractivity contribution is 0.0594. The molecule has 0 bridgehead atoms. The maximum atomic E-state index is 13.0. The van der Waals surface area contributed by atoms with Crippen LogP contribution < -0.4 is 14.8 Å². The van der Waals surface area contributed by atoms with E-state index in [4.69, 9.17) is 9.47 Å². The predicted molar refractivity (Wildman–Crippen MR) is 149 cm³/mol. The zero-order chi connectivity index (χ0) is 28.8. The number of piperidine rings is 1. The molecule has 0 unspecified atom stereocenters. The first kappa shape index (κ1) is 27.4. The normalized spacial score (nSPS) is 13.4. The van der Waals surface area contributed by atoms with Crippen LogP contribution in [0.3, 0.4) is 0 Å². The van der Waals surface area contributed by atoms with Crippen molar-refractivity contribution in [2.24, 2.45) is 0 Å². The molecule has 41 heavy (non-hydrogen) atoms. The van der Waals surface area contributed by atoms with Gasteiger partial charge < -0.3 is 19.7 Å². The Morgan fingerprint density at radius 1 is 0.829 bits per heavy atom. The Hall–Kier alpha value is -5.12. The second-order valence-electron chi connectivity index (χ2n) is 9.52. The molecule has 1 fully saturated rings. The fourth-order valence-electron chi connectivity index (χ4n) is 4.31. The van der Waals surface area contributed by atoms with Crippen molar-refractivity contribution < 1.29 is 28.2 Å². The number of nitrogens with zero attached hydrogens (tertiary/aromatic N) is 3. The average Bonchev–Trinajstić information content (AvgIpc) is 3.00. The molecule has 208 valence electrons. The molecule has 10 heteroatoms. The minimum atomic E-state index is -0.452. The minimum absolute atomic E-state index is 0.00459. The van der Waals surface area contributed by atoms with E-state index in [1.54, 1.807) is 47.4 Å². The monoisotopic (exact) mass is 554 g/mol. The standard InChI is InChI=1S/C31H27FN4O5/c1-20(37)21-2-8-25(9-3-21)40-27-14-16-36(17-15-27)31(39)22-4-12-28(33-18-22)30(38)35-24-7-13-29(34-19-24)41-26-10-5-23(32)6-11-26/h2-13,18-19,27H,14-17H2,1H3,(H,35,38).